The predicted octanol–water partition coefficient (Wildman–Crippen LogP) is 2.58. The predicted molar refractivity (Wildman–Crippen MR) is 91.3 cm³/mol. The van der Waals surface area contributed by atoms with E-state index in [-0.39, 0.29) is 30.7 Å². The maximum Gasteiger partial charge on any atom is 0.227 e. The monoisotopic (exact) mass is 339 g/mol. The van der Waals surface area contributed by atoms with Gasteiger partial charge in [-0.3, -0.25) is 9.89 Å². The van der Waals surface area contributed by atoms with Crippen molar-refractivity contribution >= 4 is 16.8 Å². The number of rotatable bonds is 3. The fourth-order valence-electron chi connectivity index (χ4n) is 3.50. The van der Waals surface area contributed by atoms with Gasteiger partial charge in [0.05, 0.1) is 30.3 Å². The van der Waals surface area contributed by atoms with Gasteiger partial charge in [-0.25, -0.2) is 4.39 Å². The molecule has 0 spiro atoms. The molecular weight excluding hydrogens is 321 g/mol. The average Bonchev–Trinajstić information content (AvgIpc) is 3.20. The largest absolute Gasteiger partial charge is 0.391 e. The van der Waals surface area contributed by atoms with Gasteiger partial charge in [-0.2, -0.15) is 5.10 Å². The quantitative estimate of drug-likeness (QED) is 0.771. The number of β-amino-alcohol motifs (C(OH)–C–C–N with tert-alkyl or cyclic N) is 1. The van der Waals surface area contributed by atoms with Crippen LogP contribution in [0.1, 0.15) is 23.6 Å². The number of carbonyl (C=O) groups excluding carboxylic acids is 1. The summed E-state index contributed by atoms with van der Waals surface area (Å²) >= 11 is 0. The molecule has 25 heavy (non-hydrogen) atoms. The van der Waals surface area contributed by atoms with Gasteiger partial charge in [-0.15, -0.1) is 0 Å². The smallest absolute Gasteiger partial charge is 0.227 e. The zero-order valence-corrected chi connectivity index (χ0v) is 13.5. The third-order valence-electron chi connectivity index (χ3n) is 4.69. The van der Waals surface area contributed by atoms with Crippen molar-refractivity contribution in [3.8, 4) is 0 Å². The van der Waals surface area contributed by atoms with Crippen LogP contribution in [0.3, 0.4) is 0 Å². The Balaban J connectivity index is 1.56. The highest BCUT2D eigenvalue weighted by atomic mass is 19.1. The second-order valence-electron chi connectivity index (χ2n) is 6.47. The van der Waals surface area contributed by atoms with E-state index in [1.807, 2.05) is 18.2 Å². The van der Waals surface area contributed by atoms with Crippen LogP contribution >= 0.6 is 0 Å². The maximum absolute atomic E-state index is 13.5. The molecule has 6 heteroatoms. The fraction of sp³-hybridized carbons (Fsp3) is 0.263. The summed E-state index contributed by atoms with van der Waals surface area (Å²) in [4.78, 5) is 14.5. The lowest BCUT2D eigenvalue weighted by Crippen LogP contribution is -2.33. The fourth-order valence-corrected chi connectivity index (χ4v) is 3.50. The van der Waals surface area contributed by atoms with Gasteiger partial charge in [0.2, 0.25) is 5.91 Å². The SMILES string of the molecule is O=C(Cc1ccc2[nH]ncc2c1)N1C[C@H](O)C[C@@H]1c1cccc(F)c1. The lowest BCUT2D eigenvalue weighted by atomic mass is 10.0. The molecule has 4 rings (SSSR count). The highest BCUT2D eigenvalue weighted by Gasteiger charge is 2.35. The van der Waals surface area contributed by atoms with Crippen LogP contribution in [0, 0.1) is 5.82 Å². The van der Waals surface area contributed by atoms with Crippen molar-refractivity contribution in [2.45, 2.75) is 25.0 Å². The van der Waals surface area contributed by atoms with E-state index in [2.05, 4.69) is 10.2 Å². The molecule has 0 radical (unpaired) electrons. The van der Waals surface area contributed by atoms with Crippen molar-refractivity contribution in [2.75, 3.05) is 6.54 Å². The number of carbonyl (C=O) groups is 1. The molecule has 128 valence electrons. The maximum atomic E-state index is 13.5. The summed E-state index contributed by atoms with van der Waals surface area (Å²) in [6.07, 6.45) is 1.79. The molecule has 0 bridgehead atoms. The number of halogens is 1. The Bertz CT molecular complexity index is 924. The number of aromatic amines is 1. The summed E-state index contributed by atoms with van der Waals surface area (Å²) in [5.41, 5.74) is 2.53. The van der Waals surface area contributed by atoms with Crippen LogP contribution in [0.2, 0.25) is 0 Å². The lowest BCUT2D eigenvalue weighted by molar-refractivity contribution is -0.131. The van der Waals surface area contributed by atoms with E-state index in [4.69, 9.17) is 0 Å². The second-order valence-corrected chi connectivity index (χ2v) is 6.47. The first kappa shape index (κ1) is 15.8. The second kappa shape index (κ2) is 6.29. The number of nitrogens with one attached hydrogen (secondary N) is 1. The van der Waals surface area contributed by atoms with E-state index in [0.29, 0.717) is 6.42 Å². The molecule has 0 unspecified atom stereocenters. The van der Waals surface area contributed by atoms with Crippen LogP contribution in [0.5, 0.6) is 0 Å². The Morgan fingerprint density at radius 1 is 1.32 bits per heavy atom. The third kappa shape index (κ3) is 3.13. The number of fused-ring (bicyclic) bond motifs is 1. The van der Waals surface area contributed by atoms with Crippen LogP contribution in [-0.4, -0.2) is 38.8 Å². The van der Waals surface area contributed by atoms with Crippen LogP contribution < -0.4 is 0 Å². The molecule has 2 heterocycles. The van der Waals surface area contributed by atoms with Gasteiger partial charge in [0.25, 0.3) is 0 Å². The van der Waals surface area contributed by atoms with Gasteiger partial charge >= 0.3 is 0 Å². The summed E-state index contributed by atoms with van der Waals surface area (Å²) in [5, 5.41) is 17.8. The highest BCUT2D eigenvalue weighted by molar-refractivity contribution is 5.83. The first-order valence-electron chi connectivity index (χ1n) is 8.25. The molecule has 2 atom stereocenters. The topological polar surface area (TPSA) is 69.2 Å². The van der Waals surface area contributed by atoms with Crippen molar-refractivity contribution < 1.29 is 14.3 Å². The van der Waals surface area contributed by atoms with Gasteiger partial charge in [-0.05, 0) is 41.8 Å². The lowest BCUT2D eigenvalue weighted by Gasteiger charge is -2.25. The van der Waals surface area contributed by atoms with Gasteiger partial charge in [0, 0.05) is 11.9 Å². The van der Waals surface area contributed by atoms with E-state index in [9.17, 15) is 14.3 Å². The van der Waals surface area contributed by atoms with E-state index in [1.54, 1.807) is 23.2 Å². The standard InChI is InChI=1S/C19H18FN3O2/c20-15-3-1-2-13(8-15)18-9-16(24)11-23(18)19(25)7-12-4-5-17-14(6-12)10-21-22-17/h1-6,8,10,16,18,24H,7,9,11H2,(H,21,22)/t16-,18-/m1/s1. The Morgan fingerprint density at radius 2 is 2.20 bits per heavy atom. The number of benzene rings is 2. The summed E-state index contributed by atoms with van der Waals surface area (Å²) in [7, 11) is 0. The van der Waals surface area contributed by atoms with Gasteiger partial charge in [-0.1, -0.05) is 18.2 Å². The normalized spacial score (nSPS) is 20.3. The molecule has 1 amide bonds. The number of aromatic nitrogens is 2. The Kier molecular flexibility index (Phi) is 3.97. The van der Waals surface area contributed by atoms with Crippen molar-refractivity contribution in [1.82, 2.24) is 15.1 Å². The molecule has 0 saturated carbocycles. The Hall–Kier alpha value is -2.73. The number of aliphatic hydroxyl groups is 1. The van der Waals surface area contributed by atoms with Crippen molar-refractivity contribution in [3.63, 3.8) is 0 Å². The van der Waals surface area contributed by atoms with E-state index >= 15 is 0 Å². The van der Waals surface area contributed by atoms with Crippen molar-refractivity contribution in [2.24, 2.45) is 0 Å². The number of hydrogen-bond donors (Lipinski definition) is 2. The molecule has 5 nitrogen and oxygen atoms in total. The molecule has 1 saturated heterocycles. The first-order valence-corrected chi connectivity index (χ1v) is 8.25. The zero-order chi connectivity index (χ0) is 17.4. The zero-order valence-electron chi connectivity index (χ0n) is 13.5. The number of aliphatic hydroxyl groups excluding tert-OH is 1. The molecule has 0 aliphatic carbocycles. The summed E-state index contributed by atoms with van der Waals surface area (Å²) < 4.78 is 13.5. The van der Waals surface area contributed by atoms with E-state index in [1.165, 1.54) is 12.1 Å². The van der Waals surface area contributed by atoms with Crippen LogP contribution in [0.25, 0.3) is 10.9 Å². The summed E-state index contributed by atoms with van der Waals surface area (Å²) in [5.74, 6) is -0.412. The van der Waals surface area contributed by atoms with Crippen molar-refractivity contribution in [1.29, 1.82) is 0 Å². The number of hydrogen-bond acceptors (Lipinski definition) is 3. The first-order chi connectivity index (χ1) is 12.1. The van der Waals surface area contributed by atoms with Gasteiger partial charge in [0.15, 0.2) is 0 Å². The molecule has 2 N–H and O–H groups in total. The molecule has 1 fully saturated rings. The van der Waals surface area contributed by atoms with Gasteiger partial charge in [0.1, 0.15) is 5.82 Å². The number of H-pyrrole nitrogens is 1. The minimum absolute atomic E-state index is 0.0753. The Morgan fingerprint density at radius 3 is 3.04 bits per heavy atom. The van der Waals surface area contributed by atoms with Crippen LogP contribution in [0.4, 0.5) is 4.39 Å². The average molecular weight is 339 g/mol. The highest BCUT2D eigenvalue weighted by Crippen LogP contribution is 2.33. The molecule has 1 aliphatic rings. The van der Waals surface area contributed by atoms with Crippen LogP contribution in [0.15, 0.2) is 48.7 Å². The third-order valence-corrected chi connectivity index (χ3v) is 4.69. The van der Waals surface area contributed by atoms with Gasteiger partial charge < -0.3 is 10.0 Å². The molecule has 2 aromatic carbocycles. The van der Waals surface area contributed by atoms with E-state index in [0.717, 1.165) is 22.0 Å². The molecule has 1 aromatic heterocycles. The van der Waals surface area contributed by atoms with Crippen molar-refractivity contribution in [3.05, 3.63) is 65.6 Å². The number of likely N-dealkylation sites (tertiary alicyclic amines) is 1. The molecule has 3 aromatic rings. The molecule has 1 aliphatic heterocycles. The molecular formula is C19H18FN3O2. The Labute approximate surface area is 144 Å². The van der Waals surface area contributed by atoms with E-state index < -0.39 is 6.10 Å². The number of nitrogens with zero attached hydrogens (tertiary/aromatic N) is 2. The number of amides is 1. The van der Waals surface area contributed by atoms with Crippen LogP contribution in [-0.2, 0) is 11.2 Å². The summed E-state index contributed by atoms with van der Waals surface area (Å²) in [6.45, 7) is 0.272. The minimum Gasteiger partial charge on any atom is -0.391 e. The summed E-state index contributed by atoms with van der Waals surface area (Å²) in [6, 6.07) is 11.7. The minimum atomic E-state index is -0.589.